The Morgan fingerprint density at radius 3 is 2.50 bits per heavy atom. The van der Waals surface area contributed by atoms with Crippen LogP contribution in [0.4, 0.5) is 4.79 Å². The van der Waals surface area contributed by atoms with Gasteiger partial charge in [-0.1, -0.05) is 0 Å². The molecule has 1 amide bonds. The summed E-state index contributed by atoms with van der Waals surface area (Å²) in [5.74, 6) is -0.426. The van der Waals surface area contributed by atoms with E-state index in [1.807, 2.05) is 4.90 Å². The fourth-order valence-electron chi connectivity index (χ4n) is 2.57. The average Bonchev–Trinajstić information content (AvgIpc) is 2.43. The number of carbonyl (C=O) groups excluding carboxylic acids is 2. The van der Waals surface area contributed by atoms with Crippen LogP contribution in [0.3, 0.4) is 0 Å². The standard InChI is InChI=1S/C16H30N2O6/c1-15(2,3)24-14(20)17(5)10-16(4,21)11-18-7-8-23-12(9-18)13(19)22-6/h12,21H,7-11H2,1-6H3/t12-,16-/m0/s1. The van der Waals surface area contributed by atoms with Crippen molar-refractivity contribution in [2.24, 2.45) is 0 Å². The molecule has 0 saturated carbocycles. The third-order valence-electron chi connectivity index (χ3n) is 3.46. The molecule has 1 N–H and O–H groups in total. The molecule has 140 valence electrons. The third kappa shape index (κ3) is 7.02. The van der Waals surface area contributed by atoms with E-state index in [1.54, 1.807) is 34.7 Å². The Bertz CT molecular complexity index is 446. The number of methoxy groups -OCH3 is 1. The molecule has 24 heavy (non-hydrogen) atoms. The van der Waals surface area contributed by atoms with E-state index in [9.17, 15) is 14.7 Å². The quantitative estimate of drug-likeness (QED) is 0.724. The van der Waals surface area contributed by atoms with Crippen molar-refractivity contribution in [2.75, 3.05) is 46.9 Å². The van der Waals surface area contributed by atoms with Gasteiger partial charge in [-0.25, -0.2) is 9.59 Å². The number of ether oxygens (including phenoxy) is 3. The van der Waals surface area contributed by atoms with Crippen LogP contribution in [0.15, 0.2) is 0 Å². The van der Waals surface area contributed by atoms with Gasteiger partial charge in [-0.3, -0.25) is 4.90 Å². The molecule has 8 nitrogen and oxygen atoms in total. The van der Waals surface area contributed by atoms with E-state index in [0.29, 0.717) is 26.2 Å². The number of likely N-dealkylation sites (N-methyl/N-ethyl adjacent to an activating group) is 1. The number of rotatable bonds is 5. The summed E-state index contributed by atoms with van der Waals surface area (Å²) in [4.78, 5) is 26.9. The SMILES string of the molecule is COC(=O)[C@@H]1CN(C[C@@](C)(O)CN(C)C(=O)OC(C)(C)C)CCO1. The highest BCUT2D eigenvalue weighted by Gasteiger charge is 2.33. The molecule has 1 aliphatic heterocycles. The van der Waals surface area contributed by atoms with Crippen LogP contribution in [0.2, 0.25) is 0 Å². The second-order valence-corrected chi connectivity index (χ2v) is 7.45. The van der Waals surface area contributed by atoms with Crippen LogP contribution in [-0.2, 0) is 19.0 Å². The number of hydrogen-bond acceptors (Lipinski definition) is 7. The Kier molecular flexibility index (Phi) is 7.00. The minimum absolute atomic E-state index is 0.113. The molecular weight excluding hydrogens is 316 g/mol. The molecule has 1 aliphatic rings. The summed E-state index contributed by atoms with van der Waals surface area (Å²) in [5, 5.41) is 10.6. The molecule has 0 aromatic carbocycles. The zero-order chi connectivity index (χ0) is 18.5. The molecule has 0 bridgehead atoms. The van der Waals surface area contributed by atoms with Gasteiger partial charge in [0, 0.05) is 26.7 Å². The molecule has 1 fully saturated rings. The third-order valence-corrected chi connectivity index (χ3v) is 3.46. The maximum Gasteiger partial charge on any atom is 0.410 e. The van der Waals surface area contributed by atoms with Crippen LogP contribution in [0.1, 0.15) is 27.7 Å². The number of amides is 1. The number of morpholine rings is 1. The maximum atomic E-state index is 12.0. The van der Waals surface area contributed by atoms with Crippen LogP contribution in [0.5, 0.6) is 0 Å². The van der Waals surface area contributed by atoms with Gasteiger partial charge in [-0.2, -0.15) is 0 Å². The minimum Gasteiger partial charge on any atom is -0.467 e. The smallest absolute Gasteiger partial charge is 0.410 e. The molecule has 1 rings (SSSR count). The molecule has 1 heterocycles. The second kappa shape index (κ2) is 8.13. The lowest BCUT2D eigenvalue weighted by Gasteiger charge is -2.38. The van der Waals surface area contributed by atoms with E-state index < -0.39 is 29.4 Å². The van der Waals surface area contributed by atoms with Crippen LogP contribution in [-0.4, -0.2) is 91.2 Å². The van der Waals surface area contributed by atoms with E-state index in [4.69, 9.17) is 9.47 Å². The van der Waals surface area contributed by atoms with Crippen molar-refractivity contribution in [1.29, 1.82) is 0 Å². The van der Waals surface area contributed by atoms with E-state index in [-0.39, 0.29) is 6.54 Å². The maximum absolute atomic E-state index is 12.0. The van der Waals surface area contributed by atoms with Gasteiger partial charge in [0.15, 0.2) is 6.10 Å². The molecule has 0 unspecified atom stereocenters. The summed E-state index contributed by atoms with van der Waals surface area (Å²) in [7, 11) is 2.90. The van der Waals surface area contributed by atoms with Crippen molar-refractivity contribution in [3.05, 3.63) is 0 Å². The Morgan fingerprint density at radius 2 is 1.96 bits per heavy atom. The summed E-state index contributed by atoms with van der Waals surface area (Å²) in [5.41, 5.74) is -1.74. The second-order valence-electron chi connectivity index (χ2n) is 7.45. The average molecular weight is 346 g/mol. The Labute approximate surface area is 143 Å². The Balaban J connectivity index is 2.56. The zero-order valence-corrected chi connectivity index (χ0v) is 15.5. The van der Waals surface area contributed by atoms with E-state index in [2.05, 4.69) is 4.74 Å². The van der Waals surface area contributed by atoms with Crippen LogP contribution >= 0.6 is 0 Å². The van der Waals surface area contributed by atoms with E-state index in [0.717, 1.165) is 0 Å². The number of nitrogens with zero attached hydrogens (tertiary/aromatic N) is 2. The summed E-state index contributed by atoms with van der Waals surface area (Å²) < 4.78 is 15.3. The van der Waals surface area contributed by atoms with Gasteiger partial charge in [0.05, 0.1) is 25.9 Å². The van der Waals surface area contributed by atoms with Gasteiger partial charge >= 0.3 is 12.1 Å². The van der Waals surface area contributed by atoms with Crippen molar-refractivity contribution in [1.82, 2.24) is 9.80 Å². The summed E-state index contributed by atoms with van der Waals surface area (Å²) in [6.07, 6.45) is -1.14. The minimum atomic E-state index is -1.15. The molecule has 8 heteroatoms. The lowest BCUT2D eigenvalue weighted by atomic mass is 10.1. The van der Waals surface area contributed by atoms with Crippen molar-refractivity contribution >= 4 is 12.1 Å². The summed E-state index contributed by atoms with van der Waals surface area (Å²) >= 11 is 0. The largest absolute Gasteiger partial charge is 0.467 e. The van der Waals surface area contributed by atoms with Crippen LogP contribution in [0, 0.1) is 0 Å². The molecule has 1 saturated heterocycles. The number of hydrogen-bond donors (Lipinski definition) is 1. The number of β-amino-alcohol motifs (C(OH)–C–C–N with tert-alkyl or cyclic N) is 1. The van der Waals surface area contributed by atoms with Gasteiger partial charge < -0.3 is 24.2 Å². The predicted octanol–water partition coefficient (Wildman–Crippen LogP) is 0.478. The molecule has 0 aliphatic carbocycles. The van der Waals surface area contributed by atoms with Gasteiger partial charge in [-0.05, 0) is 27.7 Å². The van der Waals surface area contributed by atoms with Crippen molar-refractivity contribution in [3.63, 3.8) is 0 Å². The van der Waals surface area contributed by atoms with Crippen molar-refractivity contribution in [2.45, 2.75) is 45.0 Å². The molecule has 2 atom stereocenters. The number of carbonyl (C=O) groups is 2. The first-order valence-corrected chi connectivity index (χ1v) is 8.02. The highest BCUT2D eigenvalue weighted by molar-refractivity contribution is 5.74. The molecule has 0 spiro atoms. The predicted molar refractivity (Wildman–Crippen MR) is 87.7 cm³/mol. The van der Waals surface area contributed by atoms with Crippen LogP contribution < -0.4 is 0 Å². The van der Waals surface area contributed by atoms with Crippen LogP contribution in [0.25, 0.3) is 0 Å². The molecule has 0 radical (unpaired) electrons. The fraction of sp³-hybridized carbons (Fsp3) is 0.875. The molecule has 0 aromatic rings. The summed E-state index contributed by atoms with van der Waals surface area (Å²) in [6, 6.07) is 0. The molecular formula is C16H30N2O6. The first-order valence-electron chi connectivity index (χ1n) is 8.02. The molecule has 0 aromatic heterocycles. The Hall–Kier alpha value is -1.38. The monoisotopic (exact) mass is 346 g/mol. The van der Waals surface area contributed by atoms with Crippen molar-refractivity contribution in [3.8, 4) is 0 Å². The lowest BCUT2D eigenvalue weighted by molar-refractivity contribution is -0.161. The highest BCUT2D eigenvalue weighted by Crippen LogP contribution is 2.15. The summed E-state index contributed by atoms with van der Waals surface area (Å²) in [6.45, 7) is 8.76. The topological polar surface area (TPSA) is 88.5 Å². The number of esters is 1. The van der Waals surface area contributed by atoms with Crippen molar-refractivity contribution < 1.29 is 28.9 Å². The highest BCUT2D eigenvalue weighted by atomic mass is 16.6. The number of aliphatic hydroxyl groups is 1. The zero-order valence-electron chi connectivity index (χ0n) is 15.5. The first-order chi connectivity index (χ1) is 10.9. The Morgan fingerprint density at radius 1 is 1.33 bits per heavy atom. The van der Waals surface area contributed by atoms with Gasteiger partial charge in [-0.15, -0.1) is 0 Å². The van der Waals surface area contributed by atoms with Gasteiger partial charge in [0.1, 0.15) is 5.60 Å². The van der Waals surface area contributed by atoms with E-state index in [1.165, 1.54) is 12.0 Å². The van der Waals surface area contributed by atoms with E-state index >= 15 is 0 Å². The lowest BCUT2D eigenvalue weighted by Crippen LogP contribution is -2.54. The van der Waals surface area contributed by atoms with Gasteiger partial charge in [0.2, 0.25) is 0 Å². The first kappa shape index (κ1) is 20.7. The fourth-order valence-corrected chi connectivity index (χ4v) is 2.57. The normalized spacial score (nSPS) is 21.7. The van der Waals surface area contributed by atoms with Gasteiger partial charge in [0.25, 0.3) is 0 Å².